The lowest BCUT2D eigenvalue weighted by molar-refractivity contribution is 0.00578. The van der Waals surface area contributed by atoms with Gasteiger partial charge in [-0.15, -0.1) is 0 Å². The first-order valence-electron chi connectivity index (χ1n) is 12.9. The van der Waals surface area contributed by atoms with Crippen molar-refractivity contribution in [2.75, 3.05) is 19.1 Å². The van der Waals surface area contributed by atoms with Crippen LogP contribution in [0.1, 0.15) is 50.0 Å². The fourth-order valence-corrected chi connectivity index (χ4v) is 5.76. The van der Waals surface area contributed by atoms with Crippen LogP contribution in [0.5, 0.6) is 0 Å². The summed E-state index contributed by atoms with van der Waals surface area (Å²) in [5.41, 5.74) is -0.632. The molecule has 0 saturated carbocycles. The summed E-state index contributed by atoms with van der Waals surface area (Å²) in [5, 5.41) is 0. The molecule has 0 bridgehead atoms. The lowest BCUT2D eigenvalue weighted by Gasteiger charge is -2.43. The van der Waals surface area contributed by atoms with Gasteiger partial charge in [-0.2, -0.15) is 0 Å². The number of nitrogens with one attached hydrogen (secondary N) is 1. The molecule has 2 heterocycles. The molecule has 0 radical (unpaired) electrons. The van der Waals surface area contributed by atoms with Gasteiger partial charge in [0.05, 0.1) is 23.8 Å². The van der Waals surface area contributed by atoms with Gasteiger partial charge in [-0.05, 0) is 46.1 Å². The molecule has 39 heavy (non-hydrogen) atoms. The number of nitrogens with zero attached hydrogens (tertiary/aromatic N) is 1. The first kappa shape index (κ1) is 29.7. The van der Waals surface area contributed by atoms with E-state index >= 15 is 8.78 Å². The highest BCUT2D eigenvalue weighted by Gasteiger charge is 2.52. The second-order valence-corrected chi connectivity index (χ2v) is 12.8. The van der Waals surface area contributed by atoms with E-state index in [0.717, 1.165) is 0 Å². The number of sulfonamides is 1. The van der Waals surface area contributed by atoms with E-state index in [1.165, 1.54) is 6.07 Å². The van der Waals surface area contributed by atoms with Crippen molar-refractivity contribution >= 4 is 28.4 Å². The molecule has 3 atom stereocenters. The second kappa shape index (κ2) is 11.3. The molecule has 0 aliphatic carbocycles. The van der Waals surface area contributed by atoms with Gasteiger partial charge in [0, 0.05) is 23.6 Å². The number of carbonyl (C=O) groups excluding carboxylic acids is 1. The molecule has 2 aromatic carbocycles. The molecular weight excluding hydrogens is 532 g/mol. The lowest BCUT2D eigenvalue weighted by atomic mass is 9.77. The maximum Gasteiger partial charge on any atom is 0.497 e. The van der Waals surface area contributed by atoms with E-state index in [9.17, 15) is 17.6 Å². The van der Waals surface area contributed by atoms with Crippen molar-refractivity contribution in [3.63, 3.8) is 0 Å². The number of benzene rings is 2. The maximum absolute atomic E-state index is 15.9. The minimum Gasteiger partial charge on any atom is -0.399 e. The lowest BCUT2D eigenvalue weighted by Crippen LogP contribution is -2.62. The number of piperidine rings is 1. The third-order valence-electron chi connectivity index (χ3n) is 7.91. The molecule has 2 aromatic rings. The van der Waals surface area contributed by atoms with E-state index in [1.54, 1.807) is 47.4 Å². The Bertz CT molecular complexity index is 1280. The summed E-state index contributed by atoms with van der Waals surface area (Å²) >= 11 is 0. The average molecular weight is 566 g/mol. The minimum absolute atomic E-state index is 0.0749. The summed E-state index contributed by atoms with van der Waals surface area (Å²) in [6, 6.07) is 9.10. The first-order valence-corrected chi connectivity index (χ1v) is 14.5. The fourth-order valence-electron chi connectivity index (χ4n) is 4.98. The van der Waals surface area contributed by atoms with Gasteiger partial charge in [0.15, 0.2) is 5.78 Å². The smallest absolute Gasteiger partial charge is 0.399 e. The zero-order chi connectivity index (χ0) is 28.6. The zero-order valence-corrected chi connectivity index (χ0v) is 23.3. The molecule has 4 rings (SSSR count). The van der Waals surface area contributed by atoms with Crippen molar-refractivity contribution in [3.8, 4) is 0 Å². The largest absolute Gasteiger partial charge is 0.497 e. The summed E-state index contributed by atoms with van der Waals surface area (Å²) in [6.45, 7) is 7.39. The second-order valence-electron chi connectivity index (χ2n) is 11.1. The summed E-state index contributed by atoms with van der Waals surface area (Å²) in [5.74, 6) is -0.880. The number of halogens is 3. The number of Topliss-reactive ketones (excluding diaryl/α,β-unsaturated/α-hetero) is 1. The molecule has 7 nitrogen and oxygen atoms in total. The molecule has 2 aliphatic rings. The van der Waals surface area contributed by atoms with Crippen LogP contribution >= 0.6 is 0 Å². The molecule has 2 saturated heterocycles. The Hall–Kier alpha value is -2.25. The molecular formula is C27H34BF3N2O5S. The third-order valence-corrected chi connectivity index (χ3v) is 8.83. The van der Waals surface area contributed by atoms with E-state index in [4.69, 9.17) is 9.31 Å². The number of alkyl halides is 2. The molecule has 0 aromatic heterocycles. The molecule has 2 aliphatic heterocycles. The Balaban J connectivity index is 1.66. The number of rotatable bonds is 9. The highest BCUT2D eigenvalue weighted by molar-refractivity contribution is 7.89. The molecule has 12 heteroatoms. The van der Waals surface area contributed by atoms with Gasteiger partial charge in [0.25, 0.3) is 0 Å². The Morgan fingerprint density at radius 2 is 1.72 bits per heavy atom. The summed E-state index contributed by atoms with van der Waals surface area (Å²) in [4.78, 5) is 14.7. The van der Waals surface area contributed by atoms with E-state index in [2.05, 4.69) is 4.72 Å². The van der Waals surface area contributed by atoms with E-state index < -0.39 is 58.4 Å². The monoisotopic (exact) mass is 566 g/mol. The molecule has 0 spiro atoms. The number of likely N-dealkylation sites (tertiary alicyclic amines) is 1. The first-order chi connectivity index (χ1) is 18.2. The van der Waals surface area contributed by atoms with Crippen LogP contribution in [0.3, 0.4) is 0 Å². The van der Waals surface area contributed by atoms with Crippen molar-refractivity contribution in [3.05, 3.63) is 65.5 Å². The van der Waals surface area contributed by atoms with Gasteiger partial charge in [0.2, 0.25) is 16.0 Å². The molecule has 0 unspecified atom stereocenters. The van der Waals surface area contributed by atoms with Crippen LogP contribution < -0.4 is 10.2 Å². The SMILES string of the molecule is CC1(C)OB(c2cccc(C[C@H]3[C@@H](NS(=O)(=O)CF)[C@@H](F)CCN3CC(=O)c3ccccc3)c2F)OC1(C)C. The van der Waals surface area contributed by atoms with Crippen molar-refractivity contribution < 1.29 is 35.7 Å². The van der Waals surface area contributed by atoms with Crippen LogP contribution in [0.25, 0.3) is 0 Å². The molecule has 212 valence electrons. The van der Waals surface area contributed by atoms with Crippen molar-refractivity contribution in [2.45, 2.75) is 70.0 Å². The van der Waals surface area contributed by atoms with Gasteiger partial charge in [-0.1, -0.05) is 48.5 Å². The van der Waals surface area contributed by atoms with Gasteiger partial charge < -0.3 is 9.31 Å². The topological polar surface area (TPSA) is 84.9 Å². The number of ketones is 1. The Morgan fingerprint density at radius 1 is 1.08 bits per heavy atom. The van der Waals surface area contributed by atoms with Crippen molar-refractivity contribution in [1.82, 2.24) is 9.62 Å². The maximum atomic E-state index is 15.9. The third kappa shape index (κ3) is 6.40. The highest BCUT2D eigenvalue weighted by Crippen LogP contribution is 2.37. The number of hydrogen-bond donors (Lipinski definition) is 1. The van der Waals surface area contributed by atoms with Crippen LogP contribution in [0, 0.1) is 5.82 Å². The summed E-state index contributed by atoms with van der Waals surface area (Å²) in [6.07, 6.45) is -1.87. The standard InChI is InChI=1S/C27H34BF3N2O5S/c1-26(2)27(3,4)38-28(37-26)20-12-8-11-19(24(20)31)15-22-25(32-39(35,36)17-29)21(30)13-14-33(22)16-23(34)18-9-6-5-7-10-18/h5-12,21-22,25,32H,13-17H2,1-4H3/t21-,22-,25-/m0/s1. The fraction of sp³-hybridized carbons (Fsp3) is 0.519. The molecule has 2 fully saturated rings. The van der Waals surface area contributed by atoms with Crippen LogP contribution in [0.4, 0.5) is 13.2 Å². The van der Waals surface area contributed by atoms with Gasteiger partial charge in [-0.25, -0.2) is 26.3 Å². The van der Waals surface area contributed by atoms with Crippen LogP contribution in [0.2, 0.25) is 0 Å². The van der Waals surface area contributed by atoms with Crippen LogP contribution in [0.15, 0.2) is 48.5 Å². The highest BCUT2D eigenvalue weighted by atomic mass is 32.2. The van der Waals surface area contributed by atoms with Crippen LogP contribution in [-0.2, 0) is 25.8 Å². The quantitative estimate of drug-likeness (QED) is 0.371. The zero-order valence-electron chi connectivity index (χ0n) is 22.5. The van der Waals surface area contributed by atoms with Gasteiger partial charge >= 0.3 is 7.12 Å². The van der Waals surface area contributed by atoms with Crippen molar-refractivity contribution in [1.29, 1.82) is 0 Å². The van der Waals surface area contributed by atoms with Crippen LogP contribution in [-0.4, -0.2) is 74.8 Å². The van der Waals surface area contributed by atoms with E-state index in [-0.39, 0.29) is 42.7 Å². The van der Waals surface area contributed by atoms with Gasteiger partial charge in [0.1, 0.15) is 12.0 Å². The summed E-state index contributed by atoms with van der Waals surface area (Å²) < 4.78 is 82.7. The molecule has 1 N–H and O–H groups in total. The Morgan fingerprint density at radius 3 is 2.33 bits per heavy atom. The van der Waals surface area contributed by atoms with Crippen molar-refractivity contribution in [2.24, 2.45) is 0 Å². The number of hydrogen-bond acceptors (Lipinski definition) is 6. The predicted octanol–water partition coefficient (Wildman–Crippen LogP) is 3.18. The minimum atomic E-state index is -4.44. The summed E-state index contributed by atoms with van der Waals surface area (Å²) in [7, 11) is -5.42. The Kier molecular flexibility index (Phi) is 8.63. The average Bonchev–Trinajstić information content (AvgIpc) is 3.10. The molecule has 0 amide bonds. The van der Waals surface area contributed by atoms with E-state index in [0.29, 0.717) is 5.56 Å². The normalized spacial score (nSPS) is 25.1. The Labute approximate surface area is 228 Å². The van der Waals surface area contributed by atoms with Gasteiger partial charge in [-0.3, -0.25) is 9.69 Å². The number of carbonyl (C=O) groups is 1. The predicted molar refractivity (Wildman–Crippen MR) is 143 cm³/mol. The van der Waals surface area contributed by atoms with E-state index in [1.807, 2.05) is 27.7 Å².